The Morgan fingerprint density at radius 2 is 2.09 bits per heavy atom. The summed E-state index contributed by atoms with van der Waals surface area (Å²) in [5, 5.41) is 12.3. The SMILES string of the molecule is Cc1csc(-c2nnc(NC(=O)[C@H](C)Oc3ccccc3)o2)c1. The summed E-state index contributed by atoms with van der Waals surface area (Å²) >= 11 is 1.51. The highest BCUT2D eigenvalue weighted by Crippen LogP contribution is 2.26. The van der Waals surface area contributed by atoms with E-state index < -0.39 is 6.10 Å². The van der Waals surface area contributed by atoms with Crippen molar-refractivity contribution < 1.29 is 13.9 Å². The molecule has 0 aliphatic rings. The van der Waals surface area contributed by atoms with Gasteiger partial charge in [-0.25, -0.2) is 0 Å². The molecule has 0 saturated carbocycles. The standard InChI is InChI=1S/C16H15N3O3S/c1-10-8-13(23-9-10)15-18-19-16(22-15)17-14(20)11(2)21-12-6-4-3-5-7-12/h3-9,11H,1-2H3,(H,17,19,20)/t11-/m0/s1. The lowest BCUT2D eigenvalue weighted by atomic mass is 10.3. The first-order valence-corrected chi connectivity index (χ1v) is 7.91. The molecule has 0 unspecified atom stereocenters. The highest BCUT2D eigenvalue weighted by Gasteiger charge is 2.18. The number of rotatable bonds is 5. The number of ether oxygens (including phenoxy) is 1. The molecule has 0 aliphatic heterocycles. The zero-order valence-electron chi connectivity index (χ0n) is 12.6. The lowest BCUT2D eigenvalue weighted by Gasteiger charge is -2.12. The second-order valence-corrected chi connectivity index (χ2v) is 5.87. The number of para-hydroxylation sites is 1. The normalized spacial score (nSPS) is 11.9. The number of nitrogens with zero attached hydrogens (tertiary/aromatic N) is 2. The van der Waals surface area contributed by atoms with Crippen molar-refractivity contribution in [2.75, 3.05) is 5.32 Å². The molecule has 1 N–H and O–H groups in total. The van der Waals surface area contributed by atoms with Crippen molar-refractivity contribution in [2.24, 2.45) is 0 Å². The Morgan fingerprint density at radius 3 is 2.78 bits per heavy atom. The summed E-state index contributed by atoms with van der Waals surface area (Å²) in [6, 6.07) is 11.1. The zero-order chi connectivity index (χ0) is 16.2. The summed E-state index contributed by atoms with van der Waals surface area (Å²) in [4.78, 5) is 13.0. The van der Waals surface area contributed by atoms with Crippen LogP contribution in [0.4, 0.5) is 6.01 Å². The first-order valence-electron chi connectivity index (χ1n) is 7.03. The quantitative estimate of drug-likeness (QED) is 0.775. The predicted molar refractivity (Wildman–Crippen MR) is 87.5 cm³/mol. The van der Waals surface area contributed by atoms with E-state index in [9.17, 15) is 4.79 Å². The fraction of sp³-hybridized carbons (Fsp3) is 0.188. The number of nitrogens with one attached hydrogen (secondary N) is 1. The van der Waals surface area contributed by atoms with Crippen LogP contribution < -0.4 is 10.1 Å². The summed E-state index contributed by atoms with van der Waals surface area (Å²) < 4.78 is 11.0. The minimum absolute atomic E-state index is 0.0552. The van der Waals surface area contributed by atoms with E-state index in [1.807, 2.05) is 36.6 Å². The number of carbonyl (C=O) groups is 1. The van der Waals surface area contributed by atoms with Gasteiger partial charge in [0.05, 0.1) is 4.88 Å². The topological polar surface area (TPSA) is 77.2 Å². The van der Waals surface area contributed by atoms with Crippen LogP contribution in [0.15, 0.2) is 46.2 Å². The molecule has 1 atom stereocenters. The molecule has 0 fully saturated rings. The van der Waals surface area contributed by atoms with Gasteiger partial charge in [0.25, 0.3) is 11.8 Å². The van der Waals surface area contributed by atoms with Crippen LogP contribution in [0.3, 0.4) is 0 Å². The Morgan fingerprint density at radius 1 is 1.30 bits per heavy atom. The van der Waals surface area contributed by atoms with Gasteiger partial charge in [0.15, 0.2) is 6.10 Å². The van der Waals surface area contributed by atoms with E-state index in [1.165, 1.54) is 11.3 Å². The number of aromatic nitrogens is 2. The van der Waals surface area contributed by atoms with Crippen molar-refractivity contribution in [1.29, 1.82) is 0 Å². The summed E-state index contributed by atoms with van der Waals surface area (Å²) in [5.74, 6) is 0.650. The molecule has 1 aromatic carbocycles. The summed E-state index contributed by atoms with van der Waals surface area (Å²) in [6.07, 6.45) is -0.684. The van der Waals surface area contributed by atoms with Crippen molar-refractivity contribution in [2.45, 2.75) is 20.0 Å². The molecule has 0 aliphatic carbocycles. The molecule has 23 heavy (non-hydrogen) atoms. The minimum Gasteiger partial charge on any atom is -0.481 e. The number of hydrogen-bond acceptors (Lipinski definition) is 6. The Labute approximate surface area is 137 Å². The lowest BCUT2D eigenvalue weighted by Crippen LogP contribution is -2.30. The summed E-state index contributed by atoms with van der Waals surface area (Å²) in [6.45, 7) is 3.64. The molecule has 1 amide bonds. The molecule has 0 radical (unpaired) electrons. The highest BCUT2D eigenvalue weighted by molar-refractivity contribution is 7.13. The molecule has 0 bridgehead atoms. The molecular formula is C16H15N3O3S. The van der Waals surface area contributed by atoms with Crippen LogP contribution in [0.2, 0.25) is 0 Å². The molecule has 118 valence electrons. The van der Waals surface area contributed by atoms with Crippen LogP contribution in [0, 0.1) is 6.92 Å². The molecular weight excluding hydrogens is 314 g/mol. The maximum absolute atomic E-state index is 12.1. The van der Waals surface area contributed by atoms with E-state index in [0.717, 1.165) is 10.4 Å². The van der Waals surface area contributed by atoms with Gasteiger partial charge >= 0.3 is 6.01 Å². The molecule has 7 heteroatoms. The van der Waals surface area contributed by atoms with Crippen LogP contribution in [0.25, 0.3) is 10.8 Å². The average Bonchev–Trinajstić information content (AvgIpc) is 3.17. The number of benzene rings is 1. The molecule has 2 aromatic heterocycles. The maximum atomic E-state index is 12.1. The minimum atomic E-state index is -0.684. The third kappa shape index (κ3) is 3.75. The van der Waals surface area contributed by atoms with Crippen LogP contribution in [-0.2, 0) is 4.79 Å². The van der Waals surface area contributed by atoms with E-state index in [-0.39, 0.29) is 11.9 Å². The summed E-state index contributed by atoms with van der Waals surface area (Å²) in [7, 11) is 0. The summed E-state index contributed by atoms with van der Waals surface area (Å²) in [5.41, 5.74) is 1.12. The molecule has 2 heterocycles. The van der Waals surface area contributed by atoms with Gasteiger partial charge in [-0.15, -0.1) is 16.4 Å². The monoisotopic (exact) mass is 329 g/mol. The van der Waals surface area contributed by atoms with Gasteiger partial charge in [0, 0.05) is 0 Å². The van der Waals surface area contributed by atoms with Gasteiger partial charge in [0.2, 0.25) is 0 Å². The van der Waals surface area contributed by atoms with Gasteiger partial charge in [-0.3, -0.25) is 10.1 Å². The first kappa shape index (κ1) is 15.2. The van der Waals surface area contributed by atoms with Crippen molar-refractivity contribution in [1.82, 2.24) is 10.2 Å². The fourth-order valence-corrected chi connectivity index (χ4v) is 2.70. The third-order valence-corrected chi connectivity index (χ3v) is 4.06. The Kier molecular flexibility index (Phi) is 4.38. The Balaban J connectivity index is 1.63. The van der Waals surface area contributed by atoms with E-state index in [4.69, 9.17) is 9.15 Å². The first-order chi connectivity index (χ1) is 11.1. The largest absolute Gasteiger partial charge is 0.481 e. The van der Waals surface area contributed by atoms with Gasteiger partial charge in [-0.05, 0) is 43.0 Å². The second-order valence-electron chi connectivity index (χ2n) is 4.96. The van der Waals surface area contributed by atoms with Crippen LogP contribution in [0.5, 0.6) is 5.75 Å². The van der Waals surface area contributed by atoms with Crippen molar-refractivity contribution >= 4 is 23.3 Å². The van der Waals surface area contributed by atoms with E-state index in [0.29, 0.717) is 11.6 Å². The number of carbonyl (C=O) groups excluding carboxylic acids is 1. The van der Waals surface area contributed by atoms with Crippen LogP contribution in [0.1, 0.15) is 12.5 Å². The average molecular weight is 329 g/mol. The van der Waals surface area contributed by atoms with Gasteiger partial charge in [-0.2, -0.15) is 0 Å². The second kappa shape index (κ2) is 6.62. The number of anilines is 1. The van der Waals surface area contributed by atoms with Crippen molar-refractivity contribution in [3.8, 4) is 16.5 Å². The zero-order valence-corrected chi connectivity index (χ0v) is 13.5. The predicted octanol–water partition coefficient (Wildman–Crippen LogP) is 3.51. The van der Waals surface area contributed by atoms with Gasteiger partial charge in [0.1, 0.15) is 5.75 Å². The Hall–Kier alpha value is -2.67. The molecule has 3 rings (SSSR count). The smallest absolute Gasteiger partial charge is 0.322 e. The number of amides is 1. The van der Waals surface area contributed by atoms with Gasteiger partial charge in [-0.1, -0.05) is 23.3 Å². The van der Waals surface area contributed by atoms with Crippen molar-refractivity contribution in [3.63, 3.8) is 0 Å². The molecule has 6 nitrogen and oxygen atoms in total. The number of aryl methyl sites for hydroxylation is 1. The fourth-order valence-electron chi connectivity index (χ4n) is 1.88. The van der Waals surface area contributed by atoms with E-state index in [2.05, 4.69) is 15.5 Å². The maximum Gasteiger partial charge on any atom is 0.322 e. The number of hydrogen-bond donors (Lipinski definition) is 1. The van der Waals surface area contributed by atoms with Crippen molar-refractivity contribution in [3.05, 3.63) is 47.3 Å². The highest BCUT2D eigenvalue weighted by atomic mass is 32.1. The number of thiophene rings is 1. The van der Waals surface area contributed by atoms with E-state index >= 15 is 0 Å². The van der Waals surface area contributed by atoms with Crippen LogP contribution in [-0.4, -0.2) is 22.2 Å². The van der Waals surface area contributed by atoms with E-state index in [1.54, 1.807) is 19.1 Å². The third-order valence-electron chi connectivity index (χ3n) is 3.02. The van der Waals surface area contributed by atoms with Gasteiger partial charge < -0.3 is 9.15 Å². The lowest BCUT2D eigenvalue weighted by molar-refractivity contribution is -0.122. The molecule has 0 saturated heterocycles. The molecule has 0 spiro atoms. The molecule has 3 aromatic rings. The Bertz CT molecular complexity index is 798. The van der Waals surface area contributed by atoms with Crippen LogP contribution >= 0.6 is 11.3 Å².